The number of halogens is 1. The van der Waals surface area contributed by atoms with Crippen LogP contribution in [0.25, 0.3) is 11.1 Å². The van der Waals surface area contributed by atoms with Crippen molar-refractivity contribution in [2.24, 2.45) is 0 Å². The number of aromatic nitrogens is 1. The molecule has 1 aromatic heterocycles. The Bertz CT molecular complexity index is 511. The second kappa shape index (κ2) is 4.93. The maximum atomic E-state index is 12.8. The van der Waals surface area contributed by atoms with E-state index in [-0.39, 0.29) is 12.4 Å². The first-order valence-electron chi connectivity index (χ1n) is 5.15. The molecule has 1 heterocycles. The Balaban J connectivity index is 2.47. The summed E-state index contributed by atoms with van der Waals surface area (Å²) >= 11 is 0. The summed E-state index contributed by atoms with van der Waals surface area (Å²) in [5.74, 6) is 0.135. The predicted octanol–water partition coefficient (Wildman–Crippen LogP) is 2.39. The Labute approximate surface area is 98.5 Å². The van der Waals surface area contributed by atoms with Gasteiger partial charge in [-0.3, -0.25) is 0 Å². The fraction of sp³-hybridized carbons (Fsp3) is 0.154. The minimum absolute atomic E-state index is 0.139. The van der Waals surface area contributed by atoms with Crippen LogP contribution in [0.1, 0.15) is 5.69 Å². The topological polar surface area (TPSA) is 42.4 Å². The molecule has 3 nitrogen and oxygen atoms in total. The van der Waals surface area contributed by atoms with Crippen molar-refractivity contribution < 1.29 is 14.2 Å². The molecule has 0 radical (unpaired) electrons. The van der Waals surface area contributed by atoms with Crippen molar-refractivity contribution in [2.75, 3.05) is 7.11 Å². The van der Waals surface area contributed by atoms with Gasteiger partial charge in [-0.2, -0.15) is 0 Å². The molecule has 0 saturated heterocycles. The highest BCUT2D eigenvalue weighted by atomic mass is 19.1. The number of rotatable bonds is 3. The van der Waals surface area contributed by atoms with Crippen LogP contribution in [0.4, 0.5) is 4.39 Å². The summed E-state index contributed by atoms with van der Waals surface area (Å²) in [6, 6.07) is 9.59. The summed E-state index contributed by atoms with van der Waals surface area (Å²) in [5, 5.41) is 8.99. The van der Waals surface area contributed by atoms with Gasteiger partial charge in [-0.15, -0.1) is 0 Å². The zero-order valence-corrected chi connectivity index (χ0v) is 9.35. The van der Waals surface area contributed by atoms with Gasteiger partial charge in [0.15, 0.2) is 0 Å². The van der Waals surface area contributed by atoms with Crippen molar-refractivity contribution in [1.29, 1.82) is 0 Å². The monoisotopic (exact) mass is 233 g/mol. The molecule has 0 aliphatic carbocycles. The van der Waals surface area contributed by atoms with E-state index in [1.807, 2.05) is 0 Å². The molecular formula is C13H12FNO2. The SMILES string of the molecule is COc1nc(CO)ccc1-c1ccc(F)cc1. The normalized spacial score (nSPS) is 10.3. The number of methoxy groups -OCH3 is 1. The van der Waals surface area contributed by atoms with E-state index in [0.29, 0.717) is 11.6 Å². The Morgan fingerprint density at radius 2 is 1.88 bits per heavy atom. The van der Waals surface area contributed by atoms with Crippen molar-refractivity contribution in [1.82, 2.24) is 4.98 Å². The maximum absolute atomic E-state index is 12.8. The van der Waals surface area contributed by atoms with Gasteiger partial charge in [0.2, 0.25) is 5.88 Å². The molecule has 0 fully saturated rings. The zero-order valence-electron chi connectivity index (χ0n) is 9.35. The van der Waals surface area contributed by atoms with Gasteiger partial charge in [-0.1, -0.05) is 12.1 Å². The molecule has 4 heteroatoms. The first-order valence-corrected chi connectivity index (χ1v) is 5.15. The third kappa shape index (κ3) is 2.42. The summed E-state index contributed by atoms with van der Waals surface area (Å²) in [5.41, 5.74) is 2.12. The quantitative estimate of drug-likeness (QED) is 0.885. The van der Waals surface area contributed by atoms with Gasteiger partial charge >= 0.3 is 0 Å². The van der Waals surface area contributed by atoms with E-state index < -0.39 is 0 Å². The molecule has 0 aliphatic heterocycles. The minimum Gasteiger partial charge on any atom is -0.481 e. The fourth-order valence-electron chi connectivity index (χ4n) is 1.57. The molecule has 0 spiro atoms. The maximum Gasteiger partial charge on any atom is 0.221 e. The molecule has 2 aromatic rings. The number of hydrogen-bond acceptors (Lipinski definition) is 3. The lowest BCUT2D eigenvalue weighted by Crippen LogP contribution is -1.96. The molecule has 1 aromatic carbocycles. The van der Waals surface area contributed by atoms with Crippen LogP contribution < -0.4 is 4.74 Å². The average molecular weight is 233 g/mol. The van der Waals surface area contributed by atoms with E-state index in [0.717, 1.165) is 11.1 Å². The Kier molecular flexibility index (Phi) is 3.35. The Morgan fingerprint density at radius 3 is 2.47 bits per heavy atom. The van der Waals surface area contributed by atoms with Crippen molar-refractivity contribution in [2.45, 2.75) is 6.61 Å². The standard InChI is InChI=1S/C13H12FNO2/c1-17-13-12(7-6-11(8-16)15-13)9-2-4-10(14)5-3-9/h2-7,16H,8H2,1H3. The Morgan fingerprint density at radius 1 is 1.18 bits per heavy atom. The summed E-state index contributed by atoms with van der Waals surface area (Å²) in [4.78, 5) is 4.14. The van der Waals surface area contributed by atoms with Gasteiger partial charge in [0.25, 0.3) is 0 Å². The summed E-state index contributed by atoms with van der Waals surface area (Å²) in [6.07, 6.45) is 0. The average Bonchev–Trinajstić information content (AvgIpc) is 2.39. The molecular weight excluding hydrogens is 221 g/mol. The summed E-state index contributed by atoms with van der Waals surface area (Å²) in [6.45, 7) is -0.139. The van der Waals surface area contributed by atoms with Crippen molar-refractivity contribution in [3.05, 3.63) is 47.9 Å². The second-order valence-corrected chi connectivity index (χ2v) is 3.52. The van der Waals surface area contributed by atoms with Gasteiger partial charge < -0.3 is 9.84 Å². The van der Waals surface area contributed by atoms with Gasteiger partial charge in [-0.05, 0) is 29.8 Å². The first kappa shape index (κ1) is 11.5. The van der Waals surface area contributed by atoms with E-state index in [2.05, 4.69) is 4.98 Å². The van der Waals surface area contributed by atoms with E-state index in [4.69, 9.17) is 9.84 Å². The lowest BCUT2D eigenvalue weighted by Gasteiger charge is -2.08. The van der Waals surface area contributed by atoms with Crippen LogP contribution in [-0.4, -0.2) is 17.2 Å². The van der Waals surface area contributed by atoms with Crippen molar-refractivity contribution in [3.8, 4) is 17.0 Å². The van der Waals surface area contributed by atoms with Gasteiger partial charge in [0, 0.05) is 5.56 Å². The van der Waals surface area contributed by atoms with Crippen LogP contribution in [0, 0.1) is 5.82 Å². The molecule has 0 bridgehead atoms. The summed E-state index contributed by atoms with van der Waals surface area (Å²) in [7, 11) is 1.51. The number of aliphatic hydroxyl groups is 1. The molecule has 17 heavy (non-hydrogen) atoms. The fourth-order valence-corrected chi connectivity index (χ4v) is 1.57. The highest BCUT2D eigenvalue weighted by Gasteiger charge is 2.08. The molecule has 0 amide bonds. The lowest BCUT2D eigenvalue weighted by atomic mass is 10.1. The summed E-state index contributed by atoms with van der Waals surface area (Å²) < 4.78 is 18.0. The first-order chi connectivity index (χ1) is 8.24. The third-order valence-electron chi connectivity index (χ3n) is 2.43. The van der Waals surface area contributed by atoms with Crippen LogP contribution in [0.15, 0.2) is 36.4 Å². The lowest BCUT2D eigenvalue weighted by molar-refractivity contribution is 0.274. The van der Waals surface area contributed by atoms with Crippen LogP contribution in [0.5, 0.6) is 5.88 Å². The second-order valence-electron chi connectivity index (χ2n) is 3.52. The number of aliphatic hydroxyl groups excluding tert-OH is 1. The number of hydrogen-bond donors (Lipinski definition) is 1. The molecule has 0 unspecified atom stereocenters. The van der Waals surface area contributed by atoms with Gasteiger partial charge in [-0.25, -0.2) is 9.37 Å². The molecule has 0 aliphatic rings. The number of ether oxygens (including phenoxy) is 1. The predicted molar refractivity (Wildman–Crippen MR) is 62.1 cm³/mol. The molecule has 1 N–H and O–H groups in total. The van der Waals surface area contributed by atoms with Crippen LogP contribution in [0.2, 0.25) is 0 Å². The van der Waals surface area contributed by atoms with Crippen LogP contribution >= 0.6 is 0 Å². The van der Waals surface area contributed by atoms with E-state index >= 15 is 0 Å². The molecule has 2 rings (SSSR count). The number of pyridine rings is 1. The largest absolute Gasteiger partial charge is 0.481 e. The van der Waals surface area contributed by atoms with E-state index in [9.17, 15) is 4.39 Å². The minimum atomic E-state index is -0.285. The van der Waals surface area contributed by atoms with Gasteiger partial charge in [0.1, 0.15) is 5.82 Å². The van der Waals surface area contributed by atoms with Crippen molar-refractivity contribution >= 4 is 0 Å². The smallest absolute Gasteiger partial charge is 0.221 e. The van der Waals surface area contributed by atoms with Crippen LogP contribution in [-0.2, 0) is 6.61 Å². The zero-order chi connectivity index (χ0) is 12.3. The number of nitrogens with zero attached hydrogens (tertiary/aromatic N) is 1. The van der Waals surface area contributed by atoms with E-state index in [1.54, 1.807) is 24.3 Å². The molecule has 0 saturated carbocycles. The third-order valence-corrected chi connectivity index (χ3v) is 2.43. The molecule has 0 atom stereocenters. The van der Waals surface area contributed by atoms with Crippen molar-refractivity contribution in [3.63, 3.8) is 0 Å². The molecule has 88 valence electrons. The van der Waals surface area contributed by atoms with E-state index in [1.165, 1.54) is 19.2 Å². The Hall–Kier alpha value is -1.94. The highest BCUT2D eigenvalue weighted by molar-refractivity contribution is 5.68. The highest BCUT2D eigenvalue weighted by Crippen LogP contribution is 2.28. The number of benzene rings is 1. The van der Waals surface area contributed by atoms with Crippen LogP contribution in [0.3, 0.4) is 0 Å². The van der Waals surface area contributed by atoms with Gasteiger partial charge in [0.05, 0.1) is 19.4 Å².